The fourth-order valence-electron chi connectivity index (χ4n) is 3.47. The third-order valence-corrected chi connectivity index (χ3v) is 5.52. The minimum atomic E-state index is -0.401. The molecule has 0 fully saturated rings. The van der Waals surface area contributed by atoms with E-state index < -0.39 is 11.9 Å². The number of benzene rings is 2. The van der Waals surface area contributed by atoms with Crippen LogP contribution in [0.3, 0.4) is 0 Å². The number of hydrogen-bond donors (Lipinski definition) is 0. The summed E-state index contributed by atoms with van der Waals surface area (Å²) in [5.41, 5.74) is 1.40. The fraction of sp³-hybridized carbons (Fsp3) is 0.333. The SMILES string of the molecule is CCCCC/C=C/C(=O)Oc1ccc(-c2nnc(-c3ccc(OC(=O)/C=C/CCCCC)cc3)o2)cc1. The van der Waals surface area contributed by atoms with Crippen molar-refractivity contribution >= 4 is 11.9 Å². The number of esters is 2. The molecule has 0 aliphatic heterocycles. The first-order chi connectivity index (χ1) is 18.1. The topological polar surface area (TPSA) is 91.5 Å². The predicted molar refractivity (Wildman–Crippen MR) is 143 cm³/mol. The molecule has 0 amide bonds. The Morgan fingerprint density at radius 3 is 1.46 bits per heavy atom. The number of aromatic nitrogens is 2. The van der Waals surface area contributed by atoms with Gasteiger partial charge in [0.25, 0.3) is 0 Å². The Hall–Kier alpha value is -4.00. The lowest BCUT2D eigenvalue weighted by molar-refractivity contribution is -0.129. The average molecular weight is 503 g/mol. The van der Waals surface area contributed by atoms with Gasteiger partial charge in [-0.1, -0.05) is 51.7 Å². The summed E-state index contributed by atoms with van der Waals surface area (Å²) >= 11 is 0. The van der Waals surface area contributed by atoms with Crippen molar-refractivity contribution in [2.45, 2.75) is 65.2 Å². The van der Waals surface area contributed by atoms with Crippen LogP contribution >= 0.6 is 0 Å². The smallest absolute Gasteiger partial charge is 0.335 e. The van der Waals surface area contributed by atoms with Crippen molar-refractivity contribution in [1.29, 1.82) is 0 Å². The van der Waals surface area contributed by atoms with Gasteiger partial charge in [0.1, 0.15) is 11.5 Å². The van der Waals surface area contributed by atoms with Crippen molar-refractivity contribution in [3.05, 3.63) is 72.8 Å². The van der Waals surface area contributed by atoms with E-state index in [2.05, 4.69) is 24.0 Å². The molecular formula is C30H34N2O5. The molecule has 0 N–H and O–H groups in total. The lowest BCUT2D eigenvalue weighted by atomic mass is 10.2. The van der Waals surface area contributed by atoms with Crippen LogP contribution in [0.1, 0.15) is 65.2 Å². The van der Waals surface area contributed by atoms with Gasteiger partial charge in [-0.15, -0.1) is 10.2 Å². The summed E-state index contributed by atoms with van der Waals surface area (Å²) in [4.78, 5) is 23.9. The van der Waals surface area contributed by atoms with Crippen LogP contribution in [0, 0.1) is 0 Å². The van der Waals surface area contributed by atoms with Gasteiger partial charge in [0.05, 0.1) is 0 Å². The van der Waals surface area contributed by atoms with E-state index >= 15 is 0 Å². The van der Waals surface area contributed by atoms with E-state index in [9.17, 15) is 9.59 Å². The van der Waals surface area contributed by atoms with Crippen LogP contribution in [0.15, 0.2) is 77.3 Å². The molecule has 1 heterocycles. The van der Waals surface area contributed by atoms with Crippen LogP contribution in [0.4, 0.5) is 0 Å². The zero-order valence-corrected chi connectivity index (χ0v) is 21.5. The van der Waals surface area contributed by atoms with Gasteiger partial charge < -0.3 is 13.9 Å². The Balaban J connectivity index is 1.52. The molecule has 0 spiro atoms. The molecule has 37 heavy (non-hydrogen) atoms. The molecule has 3 rings (SSSR count). The Morgan fingerprint density at radius 2 is 1.08 bits per heavy atom. The summed E-state index contributed by atoms with van der Waals surface area (Å²) < 4.78 is 16.5. The molecule has 0 radical (unpaired) electrons. The fourth-order valence-corrected chi connectivity index (χ4v) is 3.47. The first-order valence-electron chi connectivity index (χ1n) is 12.9. The van der Waals surface area contributed by atoms with Crippen molar-refractivity contribution in [2.24, 2.45) is 0 Å². The minimum absolute atomic E-state index is 0.340. The summed E-state index contributed by atoms with van der Waals surface area (Å²) in [6.45, 7) is 4.29. The van der Waals surface area contributed by atoms with Crippen molar-refractivity contribution in [2.75, 3.05) is 0 Å². The second kappa shape index (κ2) is 15.2. The molecule has 0 aliphatic carbocycles. The second-order valence-electron chi connectivity index (χ2n) is 8.60. The van der Waals surface area contributed by atoms with Crippen molar-refractivity contribution in [3.63, 3.8) is 0 Å². The summed E-state index contributed by atoms with van der Waals surface area (Å²) in [7, 11) is 0. The van der Waals surface area contributed by atoms with Gasteiger partial charge >= 0.3 is 11.9 Å². The highest BCUT2D eigenvalue weighted by Gasteiger charge is 2.12. The van der Waals surface area contributed by atoms with Gasteiger partial charge in [0.2, 0.25) is 11.8 Å². The Morgan fingerprint density at radius 1 is 0.676 bits per heavy atom. The van der Waals surface area contributed by atoms with Crippen LogP contribution in [-0.2, 0) is 9.59 Å². The van der Waals surface area contributed by atoms with E-state index in [1.807, 2.05) is 12.2 Å². The Labute approximate surface area is 218 Å². The van der Waals surface area contributed by atoms with E-state index in [1.54, 1.807) is 48.5 Å². The molecule has 3 aromatic rings. The van der Waals surface area contributed by atoms with Crippen molar-refractivity contribution in [1.82, 2.24) is 10.2 Å². The van der Waals surface area contributed by atoms with Crippen molar-refractivity contribution < 1.29 is 23.5 Å². The van der Waals surface area contributed by atoms with Gasteiger partial charge in [-0.3, -0.25) is 0 Å². The maximum absolute atomic E-state index is 11.9. The standard InChI is InChI=1S/C30H34N2O5/c1-3-5-7-9-11-13-27(33)35-25-19-15-23(16-20-25)29-31-32-30(37-29)24-17-21-26(22-18-24)36-28(34)14-12-10-8-6-4-2/h11-22H,3-10H2,1-2H3/b13-11+,14-12+. The Bertz CT molecular complexity index is 1090. The summed E-state index contributed by atoms with van der Waals surface area (Å²) in [5, 5.41) is 8.23. The third kappa shape index (κ3) is 9.52. The molecular weight excluding hydrogens is 468 g/mol. The number of unbranched alkanes of at least 4 members (excludes halogenated alkanes) is 6. The molecule has 7 heteroatoms. The van der Waals surface area contributed by atoms with E-state index in [-0.39, 0.29) is 0 Å². The lowest BCUT2D eigenvalue weighted by Crippen LogP contribution is -2.03. The van der Waals surface area contributed by atoms with Crippen molar-refractivity contribution in [3.8, 4) is 34.4 Å². The van der Waals surface area contributed by atoms with Gasteiger partial charge in [0, 0.05) is 23.3 Å². The average Bonchev–Trinajstić information content (AvgIpc) is 3.40. The van der Waals surface area contributed by atoms with Gasteiger partial charge in [-0.2, -0.15) is 0 Å². The predicted octanol–water partition coefficient (Wildman–Crippen LogP) is 7.49. The highest BCUT2D eigenvalue weighted by molar-refractivity contribution is 5.84. The molecule has 0 aliphatic rings. The number of carbonyl (C=O) groups is 2. The lowest BCUT2D eigenvalue weighted by Gasteiger charge is -2.02. The maximum atomic E-state index is 11.9. The van der Waals surface area contributed by atoms with E-state index in [1.165, 1.54) is 12.2 Å². The number of carbonyl (C=O) groups excluding carboxylic acids is 2. The van der Waals surface area contributed by atoms with Gasteiger partial charge in [-0.05, 0) is 74.2 Å². The number of rotatable bonds is 14. The zero-order chi connectivity index (χ0) is 26.3. The summed E-state index contributed by atoms with van der Waals surface area (Å²) in [6.07, 6.45) is 15.1. The molecule has 0 saturated heterocycles. The second-order valence-corrected chi connectivity index (χ2v) is 8.60. The van der Waals surface area contributed by atoms with E-state index in [0.29, 0.717) is 34.4 Å². The molecule has 0 atom stereocenters. The van der Waals surface area contributed by atoms with Crippen LogP contribution < -0.4 is 9.47 Å². The quantitative estimate of drug-likeness (QED) is 0.0976. The first kappa shape index (κ1) is 27.6. The van der Waals surface area contributed by atoms with E-state index in [0.717, 1.165) is 51.4 Å². The highest BCUT2D eigenvalue weighted by Crippen LogP contribution is 2.27. The van der Waals surface area contributed by atoms with Gasteiger partial charge in [0.15, 0.2) is 0 Å². The van der Waals surface area contributed by atoms with Crippen LogP contribution in [0.2, 0.25) is 0 Å². The number of nitrogens with zero attached hydrogens (tertiary/aromatic N) is 2. The molecule has 0 unspecified atom stereocenters. The van der Waals surface area contributed by atoms with Crippen LogP contribution in [-0.4, -0.2) is 22.1 Å². The third-order valence-electron chi connectivity index (χ3n) is 5.52. The molecule has 0 saturated carbocycles. The molecule has 194 valence electrons. The molecule has 2 aromatic carbocycles. The maximum Gasteiger partial charge on any atom is 0.335 e. The highest BCUT2D eigenvalue weighted by atomic mass is 16.5. The summed E-state index contributed by atoms with van der Waals surface area (Å²) in [5.74, 6) is 0.753. The van der Waals surface area contributed by atoms with E-state index in [4.69, 9.17) is 13.9 Å². The molecule has 0 bridgehead atoms. The molecule has 1 aromatic heterocycles. The normalized spacial score (nSPS) is 11.3. The number of ether oxygens (including phenoxy) is 2. The van der Waals surface area contributed by atoms with Gasteiger partial charge in [-0.25, -0.2) is 9.59 Å². The van der Waals surface area contributed by atoms with Crippen LogP contribution in [0.25, 0.3) is 22.9 Å². The van der Waals surface area contributed by atoms with Crippen LogP contribution in [0.5, 0.6) is 11.5 Å². The largest absolute Gasteiger partial charge is 0.423 e. The number of hydrogen-bond acceptors (Lipinski definition) is 7. The number of allylic oxidation sites excluding steroid dienone is 2. The molecule has 7 nitrogen and oxygen atoms in total. The monoisotopic (exact) mass is 502 g/mol. The Kier molecular flexibility index (Phi) is 11.3. The zero-order valence-electron chi connectivity index (χ0n) is 21.5. The minimum Gasteiger partial charge on any atom is -0.423 e. The first-order valence-corrected chi connectivity index (χ1v) is 12.9. The summed E-state index contributed by atoms with van der Waals surface area (Å²) in [6, 6.07) is 13.7.